The van der Waals surface area contributed by atoms with Crippen molar-refractivity contribution in [3.05, 3.63) is 82.3 Å². The summed E-state index contributed by atoms with van der Waals surface area (Å²) in [6, 6.07) is 20.8. The quantitative estimate of drug-likeness (QED) is 0.194. The van der Waals surface area contributed by atoms with Crippen LogP contribution in [-0.4, -0.2) is 27.7 Å². The predicted molar refractivity (Wildman–Crippen MR) is 158 cm³/mol. The Morgan fingerprint density at radius 3 is 2.54 bits per heavy atom. The molecule has 5 rings (SSSR count). The topological polar surface area (TPSA) is 89.1 Å². The number of methoxy groups -OCH3 is 1. The molecule has 0 aliphatic rings. The molecular weight excluding hydrogens is 556 g/mol. The van der Waals surface area contributed by atoms with E-state index in [0.717, 1.165) is 32.9 Å². The molecule has 198 valence electrons. The zero-order chi connectivity index (χ0) is 27.7. The van der Waals surface area contributed by atoms with Crippen molar-refractivity contribution in [1.82, 2.24) is 9.55 Å². The zero-order valence-corrected chi connectivity index (χ0v) is 23.9. The third-order valence-electron chi connectivity index (χ3n) is 6.72. The van der Waals surface area contributed by atoms with E-state index in [1.54, 1.807) is 19.2 Å². The van der Waals surface area contributed by atoms with Crippen LogP contribution in [0.25, 0.3) is 33.1 Å². The second kappa shape index (κ2) is 11.0. The lowest BCUT2D eigenvalue weighted by atomic mass is 10.0. The first-order valence-corrected chi connectivity index (χ1v) is 13.6. The summed E-state index contributed by atoms with van der Waals surface area (Å²) < 4.78 is 8.19. The molecule has 2 aromatic heterocycles. The number of ether oxygens (including phenoxy) is 1. The van der Waals surface area contributed by atoms with E-state index >= 15 is 0 Å². The molecule has 0 saturated carbocycles. The maximum Gasteiger partial charge on any atom is 0.296 e. The van der Waals surface area contributed by atoms with E-state index in [4.69, 9.17) is 9.72 Å². The maximum atomic E-state index is 13.6. The Morgan fingerprint density at radius 2 is 1.82 bits per heavy atom. The summed E-state index contributed by atoms with van der Waals surface area (Å²) in [4.78, 5) is 18.4. The Bertz CT molecular complexity index is 1720. The minimum absolute atomic E-state index is 0.00427. The van der Waals surface area contributed by atoms with E-state index in [-0.39, 0.29) is 11.6 Å². The lowest BCUT2D eigenvalue weighted by Crippen LogP contribution is -2.00. The van der Waals surface area contributed by atoms with Gasteiger partial charge in [0.15, 0.2) is 5.69 Å². The number of aryl methyl sites for hydroxylation is 2. The van der Waals surface area contributed by atoms with Crippen molar-refractivity contribution in [2.45, 2.75) is 33.7 Å². The maximum absolute atomic E-state index is 13.6. The SMILES string of the molecule is COc1ccc2nc(-c3ccc(Br)cc3)cc(C(=O)N=Nc3c(O)n(CCC(C)C)c4ccc(C)cc34)c2c1. The summed E-state index contributed by atoms with van der Waals surface area (Å²) in [7, 11) is 1.58. The van der Waals surface area contributed by atoms with Crippen molar-refractivity contribution < 1.29 is 14.6 Å². The highest BCUT2D eigenvalue weighted by Crippen LogP contribution is 2.40. The summed E-state index contributed by atoms with van der Waals surface area (Å²) in [6.07, 6.45) is 0.893. The van der Waals surface area contributed by atoms with E-state index in [1.165, 1.54) is 0 Å². The minimum Gasteiger partial charge on any atom is -0.497 e. The molecule has 39 heavy (non-hydrogen) atoms. The van der Waals surface area contributed by atoms with Crippen molar-refractivity contribution in [2.75, 3.05) is 7.11 Å². The third-order valence-corrected chi connectivity index (χ3v) is 7.25. The molecular formula is C31H29BrN4O3. The molecule has 7 nitrogen and oxygen atoms in total. The van der Waals surface area contributed by atoms with Gasteiger partial charge in [0.2, 0.25) is 5.88 Å². The fraction of sp³-hybridized carbons (Fsp3) is 0.226. The van der Waals surface area contributed by atoms with Gasteiger partial charge >= 0.3 is 0 Å². The number of pyridine rings is 1. The normalized spacial score (nSPS) is 11.7. The number of fused-ring (bicyclic) bond motifs is 2. The molecule has 0 radical (unpaired) electrons. The third kappa shape index (κ3) is 5.43. The van der Waals surface area contributed by atoms with E-state index in [1.807, 2.05) is 66.1 Å². The van der Waals surface area contributed by atoms with Crippen molar-refractivity contribution in [3.8, 4) is 22.9 Å². The van der Waals surface area contributed by atoms with Crippen LogP contribution in [0.1, 0.15) is 36.2 Å². The molecule has 0 spiro atoms. The molecule has 0 aliphatic carbocycles. The number of hydrogen-bond donors (Lipinski definition) is 1. The standard InChI is InChI=1S/C31H29BrN4O3/c1-18(2)13-14-36-28-12-5-19(3)15-25(28)29(31(36)38)34-35-30(37)24-17-27(20-6-8-21(32)9-7-20)33-26-11-10-22(39-4)16-23(24)26/h5-12,15-18,38H,13-14H2,1-4H3. The first-order valence-electron chi connectivity index (χ1n) is 12.8. The number of azo groups is 1. The van der Waals surface area contributed by atoms with Gasteiger partial charge in [-0.25, -0.2) is 4.98 Å². The number of carbonyl (C=O) groups is 1. The number of halogens is 1. The van der Waals surface area contributed by atoms with Crippen LogP contribution < -0.4 is 4.74 Å². The largest absolute Gasteiger partial charge is 0.497 e. The second-order valence-corrected chi connectivity index (χ2v) is 10.9. The van der Waals surface area contributed by atoms with Gasteiger partial charge in [0.25, 0.3) is 5.91 Å². The number of aromatic nitrogens is 2. The molecule has 0 atom stereocenters. The molecule has 3 aromatic carbocycles. The minimum atomic E-state index is -0.538. The molecule has 5 aromatic rings. The van der Waals surface area contributed by atoms with Crippen LogP contribution in [0.3, 0.4) is 0 Å². The molecule has 0 unspecified atom stereocenters. The van der Waals surface area contributed by atoms with Crippen molar-refractivity contribution in [1.29, 1.82) is 0 Å². The number of rotatable bonds is 7. The Kier molecular flexibility index (Phi) is 7.48. The van der Waals surface area contributed by atoms with E-state index in [2.05, 4.69) is 40.0 Å². The van der Waals surface area contributed by atoms with Gasteiger partial charge in [-0.1, -0.05) is 53.5 Å². The molecule has 1 amide bonds. The lowest BCUT2D eigenvalue weighted by molar-refractivity contribution is 0.0996. The van der Waals surface area contributed by atoms with Crippen LogP contribution in [0.2, 0.25) is 0 Å². The average Bonchev–Trinajstić information content (AvgIpc) is 3.19. The Labute approximate surface area is 235 Å². The molecule has 0 aliphatic heterocycles. The first kappa shape index (κ1) is 26.6. The number of carbonyl (C=O) groups excluding carboxylic acids is 1. The summed E-state index contributed by atoms with van der Waals surface area (Å²) in [5.74, 6) is 0.539. The second-order valence-electron chi connectivity index (χ2n) is 9.98. The molecule has 0 saturated heterocycles. The Balaban J connectivity index is 1.61. The highest BCUT2D eigenvalue weighted by Gasteiger charge is 2.19. The van der Waals surface area contributed by atoms with Crippen LogP contribution in [0.5, 0.6) is 11.6 Å². The summed E-state index contributed by atoms with van der Waals surface area (Å²) in [5, 5.41) is 20.9. The van der Waals surface area contributed by atoms with Crippen LogP contribution >= 0.6 is 15.9 Å². The number of hydrogen-bond acceptors (Lipinski definition) is 5. The fourth-order valence-corrected chi connectivity index (χ4v) is 4.84. The Hall–Kier alpha value is -4.04. The molecule has 8 heteroatoms. The fourth-order valence-electron chi connectivity index (χ4n) is 4.58. The van der Waals surface area contributed by atoms with Gasteiger partial charge < -0.3 is 14.4 Å². The Morgan fingerprint density at radius 1 is 1.05 bits per heavy atom. The van der Waals surface area contributed by atoms with Crippen molar-refractivity contribution >= 4 is 49.3 Å². The molecule has 2 heterocycles. The van der Waals surface area contributed by atoms with Crippen LogP contribution in [0.15, 0.2) is 81.4 Å². The van der Waals surface area contributed by atoms with E-state index < -0.39 is 5.91 Å². The smallest absolute Gasteiger partial charge is 0.296 e. The summed E-state index contributed by atoms with van der Waals surface area (Å²) in [6.45, 7) is 6.90. The highest BCUT2D eigenvalue weighted by molar-refractivity contribution is 9.10. The molecule has 0 bridgehead atoms. The summed E-state index contributed by atoms with van der Waals surface area (Å²) in [5.41, 5.74) is 4.66. The number of benzene rings is 3. The highest BCUT2D eigenvalue weighted by atomic mass is 79.9. The lowest BCUT2D eigenvalue weighted by Gasteiger charge is -2.09. The van der Waals surface area contributed by atoms with Crippen LogP contribution in [-0.2, 0) is 6.54 Å². The van der Waals surface area contributed by atoms with Gasteiger partial charge in [0, 0.05) is 27.4 Å². The van der Waals surface area contributed by atoms with E-state index in [9.17, 15) is 9.90 Å². The van der Waals surface area contributed by atoms with Gasteiger partial charge in [-0.05, 0) is 67.8 Å². The first-order chi connectivity index (χ1) is 18.7. The predicted octanol–water partition coefficient (Wildman–Crippen LogP) is 8.61. The average molecular weight is 586 g/mol. The summed E-state index contributed by atoms with van der Waals surface area (Å²) >= 11 is 3.46. The monoisotopic (exact) mass is 584 g/mol. The van der Waals surface area contributed by atoms with Gasteiger partial charge in [-0.3, -0.25) is 4.79 Å². The van der Waals surface area contributed by atoms with Crippen LogP contribution in [0, 0.1) is 12.8 Å². The molecule has 1 N–H and O–H groups in total. The van der Waals surface area contributed by atoms with Crippen molar-refractivity contribution in [2.24, 2.45) is 16.1 Å². The van der Waals surface area contributed by atoms with Crippen LogP contribution in [0.4, 0.5) is 5.69 Å². The van der Waals surface area contributed by atoms with Gasteiger partial charge in [-0.15, -0.1) is 10.2 Å². The number of amides is 1. The van der Waals surface area contributed by atoms with Crippen molar-refractivity contribution in [3.63, 3.8) is 0 Å². The molecule has 0 fully saturated rings. The van der Waals surface area contributed by atoms with Gasteiger partial charge in [0.05, 0.1) is 29.4 Å². The number of nitrogens with zero attached hydrogens (tertiary/aromatic N) is 4. The zero-order valence-electron chi connectivity index (χ0n) is 22.3. The van der Waals surface area contributed by atoms with E-state index in [0.29, 0.717) is 40.4 Å². The van der Waals surface area contributed by atoms with Gasteiger partial charge in [0.1, 0.15) is 5.75 Å². The number of aromatic hydroxyl groups is 1. The van der Waals surface area contributed by atoms with Gasteiger partial charge in [-0.2, -0.15) is 0 Å².